The summed E-state index contributed by atoms with van der Waals surface area (Å²) < 4.78 is 30.7. The molecule has 23 heavy (non-hydrogen) atoms. The number of nitrogens with zero attached hydrogens (tertiary/aromatic N) is 2. The third-order valence-electron chi connectivity index (χ3n) is 5.80. The van der Waals surface area contributed by atoms with E-state index >= 15 is 0 Å². The van der Waals surface area contributed by atoms with Gasteiger partial charge in [0.15, 0.2) is 5.60 Å². The molecule has 1 unspecified atom stereocenters. The minimum absolute atomic E-state index is 0.0479. The summed E-state index contributed by atoms with van der Waals surface area (Å²) in [7, 11) is -3.30. The van der Waals surface area contributed by atoms with E-state index in [0.29, 0.717) is 12.0 Å². The van der Waals surface area contributed by atoms with Gasteiger partial charge in [-0.15, -0.1) is 0 Å². The topological polar surface area (TPSA) is 66.9 Å². The molecule has 132 valence electrons. The van der Waals surface area contributed by atoms with Gasteiger partial charge in [-0.1, -0.05) is 19.3 Å². The van der Waals surface area contributed by atoms with Gasteiger partial charge in [-0.25, -0.2) is 8.42 Å². The average Bonchev–Trinajstić information content (AvgIpc) is 2.90. The second-order valence-corrected chi connectivity index (χ2v) is 9.70. The Morgan fingerprint density at radius 3 is 2.39 bits per heavy atom. The Morgan fingerprint density at radius 1 is 1.04 bits per heavy atom. The van der Waals surface area contributed by atoms with Gasteiger partial charge in [0.2, 0.25) is 10.0 Å². The Balaban J connectivity index is 1.70. The van der Waals surface area contributed by atoms with Crippen LogP contribution in [-0.4, -0.2) is 68.2 Å². The van der Waals surface area contributed by atoms with Crippen molar-refractivity contribution in [2.45, 2.75) is 51.0 Å². The van der Waals surface area contributed by atoms with Crippen LogP contribution in [0.2, 0.25) is 0 Å². The third kappa shape index (κ3) is 3.42. The van der Waals surface area contributed by atoms with Crippen LogP contribution in [0.15, 0.2) is 0 Å². The maximum atomic E-state index is 13.0. The maximum Gasteiger partial charge on any atom is 0.255 e. The molecule has 0 radical (unpaired) electrons. The zero-order valence-corrected chi connectivity index (χ0v) is 15.0. The quantitative estimate of drug-likeness (QED) is 0.755. The molecule has 0 N–H and O–H groups in total. The van der Waals surface area contributed by atoms with E-state index in [4.69, 9.17) is 4.74 Å². The lowest BCUT2D eigenvalue weighted by molar-refractivity contribution is -0.162. The van der Waals surface area contributed by atoms with E-state index in [1.54, 1.807) is 6.92 Å². The summed E-state index contributed by atoms with van der Waals surface area (Å²) in [4.78, 5) is 14.9. The van der Waals surface area contributed by atoms with Crippen molar-refractivity contribution in [3.63, 3.8) is 0 Å². The van der Waals surface area contributed by atoms with Crippen LogP contribution in [0.3, 0.4) is 0 Å². The molecule has 2 aliphatic heterocycles. The molecule has 1 amide bonds. The maximum absolute atomic E-state index is 13.0. The van der Waals surface area contributed by atoms with E-state index in [1.807, 2.05) is 4.90 Å². The van der Waals surface area contributed by atoms with Gasteiger partial charge in [0, 0.05) is 19.6 Å². The summed E-state index contributed by atoms with van der Waals surface area (Å²) in [5.74, 6) is -0.0479. The Bertz CT molecular complexity index is 571. The number of likely N-dealkylation sites (tertiary alicyclic amines) is 1. The molecule has 3 fully saturated rings. The fourth-order valence-electron chi connectivity index (χ4n) is 4.40. The number of carbonyl (C=O) groups is 1. The minimum Gasteiger partial charge on any atom is -0.363 e. The van der Waals surface area contributed by atoms with Crippen LogP contribution in [0.5, 0.6) is 0 Å². The Labute approximate surface area is 139 Å². The molecule has 7 heteroatoms. The van der Waals surface area contributed by atoms with Crippen molar-refractivity contribution in [3.05, 3.63) is 0 Å². The lowest BCUT2D eigenvalue weighted by Gasteiger charge is -2.40. The van der Waals surface area contributed by atoms with Crippen LogP contribution in [0.25, 0.3) is 0 Å². The number of amides is 1. The summed E-state index contributed by atoms with van der Waals surface area (Å²) in [6.45, 7) is 4.03. The summed E-state index contributed by atoms with van der Waals surface area (Å²) in [5.41, 5.74) is -0.753. The van der Waals surface area contributed by atoms with E-state index < -0.39 is 15.6 Å². The molecule has 0 bridgehead atoms. The molecule has 0 aromatic rings. The monoisotopic (exact) mass is 344 g/mol. The SMILES string of the molecule is CC1(C(=O)N2CCC3(CCCCC3)C2)CN(S(C)(=O)=O)CCO1. The second kappa shape index (κ2) is 6.01. The van der Waals surface area contributed by atoms with Crippen molar-refractivity contribution < 1.29 is 17.9 Å². The van der Waals surface area contributed by atoms with Crippen LogP contribution in [0.4, 0.5) is 0 Å². The molecule has 0 aromatic heterocycles. The smallest absolute Gasteiger partial charge is 0.255 e. The van der Waals surface area contributed by atoms with Crippen LogP contribution in [-0.2, 0) is 19.6 Å². The van der Waals surface area contributed by atoms with Crippen LogP contribution < -0.4 is 0 Å². The number of hydrogen-bond acceptors (Lipinski definition) is 4. The normalized spacial score (nSPS) is 32.3. The molecule has 3 rings (SSSR count). The summed E-state index contributed by atoms with van der Waals surface area (Å²) in [6.07, 6.45) is 8.52. The van der Waals surface area contributed by atoms with Gasteiger partial charge in [-0.05, 0) is 31.6 Å². The molecule has 3 aliphatic rings. The minimum atomic E-state index is -3.30. The summed E-state index contributed by atoms with van der Waals surface area (Å²) >= 11 is 0. The van der Waals surface area contributed by atoms with Crippen LogP contribution in [0.1, 0.15) is 45.4 Å². The predicted molar refractivity (Wildman–Crippen MR) is 87.5 cm³/mol. The summed E-state index contributed by atoms with van der Waals surface area (Å²) in [5, 5.41) is 0. The molecular weight excluding hydrogens is 316 g/mol. The number of sulfonamides is 1. The summed E-state index contributed by atoms with van der Waals surface area (Å²) in [6, 6.07) is 0. The highest BCUT2D eigenvalue weighted by Gasteiger charge is 2.48. The lowest BCUT2D eigenvalue weighted by atomic mass is 9.73. The van der Waals surface area contributed by atoms with Crippen molar-refractivity contribution in [1.29, 1.82) is 0 Å². The van der Waals surface area contributed by atoms with Crippen LogP contribution >= 0.6 is 0 Å². The Kier molecular flexibility index (Phi) is 4.48. The van der Waals surface area contributed by atoms with Crippen molar-refractivity contribution in [1.82, 2.24) is 9.21 Å². The number of carbonyl (C=O) groups excluding carboxylic acids is 1. The first-order valence-corrected chi connectivity index (χ1v) is 10.5. The number of morpholine rings is 1. The van der Waals surface area contributed by atoms with Gasteiger partial charge in [-0.2, -0.15) is 4.31 Å². The van der Waals surface area contributed by atoms with Gasteiger partial charge >= 0.3 is 0 Å². The standard InChI is InChI=1S/C16H28N2O4S/c1-15(12-18(10-11-22-15)23(2,20)21)14(19)17-9-8-16(13-17)6-4-3-5-7-16/h3-13H2,1-2H3. The first kappa shape index (κ1) is 17.2. The number of rotatable bonds is 2. The average molecular weight is 344 g/mol. The van der Waals surface area contributed by atoms with E-state index in [2.05, 4.69) is 0 Å². The zero-order valence-electron chi connectivity index (χ0n) is 14.2. The highest BCUT2D eigenvalue weighted by molar-refractivity contribution is 7.88. The predicted octanol–water partition coefficient (Wildman–Crippen LogP) is 1.22. The molecule has 1 atom stereocenters. The van der Waals surface area contributed by atoms with Crippen molar-refractivity contribution in [2.24, 2.45) is 5.41 Å². The van der Waals surface area contributed by atoms with Crippen molar-refractivity contribution in [3.8, 4) is 0 Å². The van der Waals surface area contributed by atoms with E-state index in [0.717, 1.165) is 19.5 Å². The Hall–Kier alpha value is -0.660. The van der Waals surface area contributed by atoms with Gasteiger partial charge in [0.25, 0.3) is 5.91 Å². The molecule has 2 heterocycles. The molecule has 1 spiro atoms. The highest BCUT2D eigenvalue weighted by Crippen LogP contribution is 2.44. The van der Waals surface area contributed by atoms with Gasteiger partial charge in [0.1, 0.15) is 0 Å². The number of hydrogen-bond donors (Lipinski definition) is 0. The van der Waals surface area contributed by atoms with Gasteiger partial charge in [-0.3, -0.25) is 4.79 Å². The second-order valence-electron chi connectivity index (χ2n) is 7.71. The fraction of sp³-hybridized carbons (Fsp3) is 0.938. The van der Waals surface area contributed by atoms with E-state index in [1.165, 1.54) is 42.7 Å². The molecule has 0 aromatic carbocycles. The molecule has 6 nitrogen and oxygen atoms in total. The number of ether oxygens (including phenoxy) is 1. The highest BCUT2D eigenvalue weighted by atomic mass is 32.2. The lowest BCUT2D eigenvalue weighted by Crippen LogP contribution is -2.59. The van der Waals surface area contributed by atoms with E-state index in [-0.39, 0.29) is 19.1 Å². The van der Waals surface area contributed by atoms with Gasteiger partial charge < -0.3 is 9.64 Å². The zero-order chi connectivity index (χ0) is 16.7. The first-order chi connectivity index (χ1) is 10.7. The van der Waals surface area contributed by atoms with E-state index in [9.17, 15) is 13.2 Å². The molecular formula is C16H28N2O4S. The van der Waals surface area contributed by atoms with Crippen LogP contribution in [0, 0.1) is 5.41 Å². The molecule has 2 saturated heterocycles. The van der Waals surface area contributed by atoms with Gasteiger partial charge in [0.05, 0.1) is 19.4 Å². The fourth-order valence-corrected chi connectivity index (χ4v) is 5.29. The van der Waals surface area contributed by atoms with Crippen molar-refractivity contribution in [2.75, 3.05) is 39.0 Å². The van der Waals surface area contributed by atoms with Crippen molar-refractivity contribution >= 4 is 15.9 Å². The largest absolute Gasteiger partial charge is 0.363 e. The Morgan fingerprint density at radius 2 is 1.74 bits per heavy atom. The molecule has 1 aliphatic carbocycles. The first-order valence-electron chi connectivity index (χ1n) is 8.63. The molecule has 1 saturated carbocycles. The third-order valence-corrected chi connectivity index (χ3v) is 7.05.